The number of hydrogen-bond acceptors (Lipinski definition) is 3. The van der Waals surface area contributed by atoms with Gasteiger partial charge in [-0.15, -0.1) is 0 Å². The summed E-state index contributed by atoms with van der Waals surface area (Å²) in [6, 6.07) is -0.331. The van der Waals surface area contributed by atoms with Gasteiger partial charge in [0, 0.05) is 13.5 Å². The van der Waals surface area contributed by atoms with Gasteiger partial charge in [0.15, 0.2) is 0 Å². The van der Waals surface area contributed by atoms with Gasteiger partial charge in [-0.25, -0.2) is 0 Å². The Bertz CT molecular complexity index is 149. The molecule has 0 aliphatic heterocycles. The maximum atomic E-state index is 11.1. The van der Waals surface area contributed by atoms with E-state index in [1.54, 1.807) is 14.0 Å². The minimum absolute atomic E-state index is 0.0420. The lowest BCUT2D eigenvalue weighted by molar-refractivity contribution is -0.133. The summed E-state index contributed by atoms with van der Waals surface area (Å²) in [5.41, 5.74) is 0. The molecule has 0 fully saturated rings. The molecule has 0 saturated carbocycles. The summed E-state index contributed by atoms with van der Waals surface area (Å²) in [4.78, 5) is 22.7. The number of nitrogens with zero attached hydrogens (tertiary/aromatic N) is 1. The van der Waals surface area contributed by atoms with E-state index in [2.05, 4.69) is 12.6 Å². The highest BCUT2D eigenvalue weighted by molar-refractivity contribution is 7.80. The fourth-order valence-electron chi connectivity index (χ4n) is 0.590. The molecule has 0 radical (unpaired) electrons. The molecular weight excluding hydrogens is 162 g/mol. The Morgan fingerprint density at radius 2 is 2.27 bits per heavy atom. The molecular formula is C7H13NO2S. The van der Waals surface area contributed by atoms with Gasteiger partial charge in [0.1, 0.15) is 6.29 Å². The zero-order valence-corrected chi connectivity index (χ0v) is 7.67. The van der Waals surface area contributed by atoms with Gasteiger partial charge < -0.3 is 9.69 Å². The van der Waals surface area contributed by atoms with Gasteiger partial charge in [-0.2, -0.15) is 12.6 Å². The van der Waals surface area contributed by atoms with Crippen LogP contribution in [0.25, 0.3) is 0 Å². The largest absolute Gasteiger partial charge is 0.336 e. The smallest absolute Gasteiger partial charge is 0.223 e. The Hall–Kier alpha value is -0.510. The maximum absolute atomic E-state index is 11.1. The molecule has 0 heterocycles. The molecule has 1 amide bonds. The number of thiol groups is 1. The van der Waals surface area contributed by atoms with Crippen molar-refractivity contribution >= 4 is 24.8 Å². The predicted octanol–water partition coefficient (Wildman–Crippen LogP) is 0.352. The van der Waals surface area contributed by atoms with Crippen molar-refractivity contribution in [2.45, 2.75) is 19.4 Å². The second-order valence-corrected chi connectivity index (χ2v) is 2.80. The normalized spacial score (nSPS) is 12.3. The molecule has 1 atom stereocenters. The summed E-state index contributed by atoms with van der Waals surface area (Å²) in [7, 11) is 1.62. The molecule has 4 heteroatoms. The van der Waals surface area contributed by atoms with E-state index in [0.717, 1.165) is 6.29 Å². The summed E-state index contributed by atoms with van der Waals surface area (Å²) in [6.45, 7) is 1.68. The van der Waals surface area contributed by atoms with Crippen LogP contribution in [0, 0.1) is 0 Å². The molecule has 0 aliphatic carbocycles. The van der Waals surface area contributed by atoms with Gasteiger partial charge >= 0.3 is 0 Å². The number of carbonyl (C=O) groups excluding carboxylic acids is 2. The summed E-state index contributed by atoms with van der Waals surface area (Å²) in [6.07, 6.45) is 1.13. The van der Waals surface area contributed by atoms with E-state index in [4.69, 9.17) is 0 Å². The van der Waals surface area contributed by atoms with Crippen molar-refractivity contribution in [1.29, 1.82) is 0 Å². The van der Waals surface area contributed by atoms with E-state index in [1.165, 1.54) is 4.90 Å². The fourth-order valence-corrected chi connectivity index (χ4v) is 0.782. The molecule has 0 unspecified atom stereocenters. The first-order chi connectivity index (χ1) is 5.13. The van der Waals surface area contributed by atoms with Crippen LogP contribution >= 0.6 is 12.6 Å². The SMILES string of the molecule is C[C@H](C=O)N(C)C(=O)CCS. The molecule has 0 aromatic rings. The standard InChI is InChI=1S/C7H13NO2S/c1-6(5-9)8(2)7(10)3-4-11/h5-6,11H,3-4H2,1-2H3/t6-/m1/s1. The molecule has 64 valence electrons. The van der Waals surface area contributed by atoms with E-state index in [9.17, 15) is 9.59 Å². The average Bonchev–Trinajstić information content (AvgIpc) is 2.02. The molecule has 0 aliphatic rings. The topological polar surface area (TPSA) is 37.4 Å². The van der Waals surface area contributed by atoms with Crippen molar-refractivity contribution in [2.24, 2.45) is 0 Å². The van der Waals surface area contributed by atoms with Crippen LogP contribution in [-0.4, -0.2) is 35.9 Å². The Labute approximate surface area is 72.2 Å². The summed E-state index contributed by atoms with van der Waals surface area (Å²) < 4.78 is 0. The molecule has 3 nitrogen and oxygen atoms in total. The van der Waals surface area contributed by atoms with Crippen LogP contribution in [0.15, 0.2) is 0 Å². The molecule has 0 saturated heterocycles. The highest BCUT2D eigenvalue weighted by atomic mass is 32.1. The zero-order valence-electron chi connectivity index (χ0n) is 6.78. The summed E-state index contributed by atoms with van der Waals surface area (Å²) in [5, 5.41) is 0. The minimum atomic E-state index is -0.331. The van der Waals surface area contributed by atoms with Crippen molar-refractivity contribution in [3.63, 3.8) is 0 Å². The second-order valence-electron chi connectivity index (χ2n) is 2.35. The lowest BCUT2D eigenvalue weighted by Crippen LogP contribution is -2.36. The number of likely N-dealkylation sites (N-methyl/N-ethyl adjacent to an activating group) is 1. The van der Waals surface area contributed by atoms with Crippen molar-refractivity contribution in [3.05, 3.63) is 0 Å². The molecule has 0 bridgehead atoms. The van der Waals surface area contributed by atoms with E-state index in [0.29, 0.717) is 12.2 Å². The number of hydrogen-bond donors (Lipinski definition) is 1. The van der Waals surface area contributed by atoms with Crippen molar-refractivity contribution in [2.75, 3.05) is 12.8 Å². The number of aldehydes is 1. The highest BCUT2D eigenvalue weighted by Crippen LogP contribution is 1.96. The summed E-state index contributed by atoms with van der Waals surface area (Å²) in [5.74, 6) is 0.481. The monoisotopic (exact) mass is 175 g/mol. The first kappa shape index (κ1) is 10.5. The quantitative estimate of drug-likeness (QED) is 0.494. The third-order valence-corrected chi connectivity index (χ3v) is 1.75. The van der Waals surface area contributed by atoms with Gasteiger partial charge in [0.05, 0.1) is 6.04 Å². The van der Waals surface area contributed by atoms with Gasteiger partial charge in [-0.1, -0.05) is 0 Å². The average molecular weight is 175 g/mol. The second kappa shape index (κ2) is 5.18. The van der Waals surface area contributed by atoms with Gasteiger partial charge in [-0.05, 0) is 12.7 Å². The Morgan fingerprint density at radius 1 is 1.73 bits per heavy atom. The van der Waals surface area contributed by atoms with Crippen molar-refractivity contribution in [3.8, 4) is 0 Å². The zero-order chi connectivity index (χ0) is 8.85. The first-order valence-corrected chi connectivity index (χ1v) is 4.08. The maximum Gasteiger partial charge on any atom is 0.223 e. The Kier molecular flexibility index (Phi) is 4.94. The molecule has 0 spiro atoms. The van der Waals surface area contributed by atoms with Gasteiger partial charge in [-0.3, -0.25) is 4.79 Å². The first-order valence-electron chi connectivity index (χ1n) is 3.45. The van der Waals surface area contributed by atoms with Crippen LogP contribution in [0.2, 0.25) is 0 Å². The highest BCUT2D eigenvalue weighted by Gasteiger charge is 2.12. The Balaban J connectivity index is 3.90. The molecule has 0 aromatic carbocycles. The van der Waals surface area contributed by atoms with Gasteiger partial charge in [0.25, 0.3) is 0 Å². The van der Waals surface area contributed by atoms with E-state index < -0.39 is 0 Å². The lowest BCUT2D eigenvalue weighted by atomic mass is 10.3. The van der Waals surface area contributed by atoms with E-state index >= 15 is 0 Å². The molecule has 0 aromatic heterocycles. The summed E-state index contributed by atoms with van der Waals surface area (Å²) >= 11 is 3.92. The number of carbonyl (C=O) groups is 2. The van der Waals surface area contributed by atoms with Crippen LogP contribution in [-0.2, 0) is 9.59 Å². The van der Waals surface area contributed by atoms with Crippen LogP contribution in [0.1, 0.15) is 13.3 Å². The van der Waals surface area contributed by atoms with Gasteiger partial charge in [0.2, 0.25) is 5.91 Å². The third-order valence-electron chi connectivity index (χ3n) is 1.53. The van der Waals surface area contributed by atoms with Crippen LogP contribution in [0.4, 0.5) is 0 Å². The number of amides is 1. The van der Waals surface area contributed by atoms with Crippen LogP contribution in [0.3, 0.4) is 0 Å². The molecule has 0 rings (SSSR count). The van der Waals surface area contributed by atoms with E-state index in [1.807, 2.05) is 0 Å². The molecule has 11 heavy (non-hydrogen) atoms. The van der Waals surface area contributed by atoms with Crippen molar-refractivity contribution in [1.82, 2.24) is 4.90 Å². The van der Waals surface area contributed by atoms with E-state index in [-0.39, 0.29) is 11.9 Å². The molecule has 0 N–H and O–H groups in total. The fraction of sp³-hybridized carbons (Fsp3) is 0.714. The number of rotatable bonds is 4. The predicted molar refractivity (Wildman–Crippen MR) is 46.8 cm³/mol. The van der Waals surface area contributed by atoms with Crippen LogP contribution in [0.5, 0.6) is 0 Å². The lowest BCUT2D eigenvalue weighted by Gasteiger charge is -2.19. The Morgan fingerprint density at radius 3 is 2.64 bits per heavy atom. The van der Waals surface area contributed by atoms with Crippen LogP contribution < -0.4 is 0 Å². The minimum Gasteiger partial charge on any atom is -0.336 e. The third kappa shape index (κ3) is 3.41. The van der Waals surface area contributed by atoms with Crippen molar-refractivity contribution < 1.29 is 9.59 Å².